The number of rotatable bonds is 3. The van der Waals surface area contributed by atoms with Crippen molar-refractivity contribution in [3.8, 4) is 5.75 Å². The fourth-order valence-electron chi connectivity index (χ4n) is 2.55. The molecule has 0 spiro atoms. The lowest BCUT2D eigenvalue weighted by molar-refractivity contribution is 0.0851. The van der Waals surface area contributed by atoms with E-state index in [9.17, 15) is 4.79 Å². The summed E-state index contributed by atoms with van der Waals surface area (Å²) >= 11 is 0. The molecule has 1 aromatic rings. The van der Waals surface area contributed by atoms with Gasteiger partial charge in [-0.25, -0.2) is 0 Å². The number of methoxy groups -OCH3 is 1. The Morgan fingerprint density at radius 3 is 2.41 bits per heavy atom. The Morgan fingerprint density at radius 1 is 1.27 bits per heavy atom. The molecule has 0 radical (unpaired) electrons. The van der Waals surface area contributed by atoms with Crippen LogP contribution in [0.25, 0.3) is 0 Å². The zero-order chi connectivity index (χ0) is 16.8. The van der Waals surface area contributed by atoms with Gasteiger partial charge in [-0.1, -0.05) is 19.9 Å². The van der Waals surface area contributed by atoms with Gasteiger partial charge in [0.2, 0.25) is 0 Å². The standard InChI is InChI=1S/C16H24N2O2.C2H6/c1-12-5-6-13(20-4)11-14(12)15(19)17-16(2)7-9-18(3)10-8-16;1-2/h5-6,11H,7-10H2,1-4H3,(H,17,19);1-2H3. The second-order valence-corrected chi connectivity index (χ2v) is 6.00. The molecule has 124 valence electrons. The van der Waals surface area contributed by atoms with Crippen LogP contribution in [0.3, 0.4) is 0 Å². The highest BCUT2D eigenvalue weighted by atomic mass is 16.5. The summed E-state index contributed by atoms with van der Waals surface area (Å²) in [5, 5.41) is 3.20. The number of carbonyl (C=O) groups is 1. The van der Waals surface area contributed by atoms with Crippen molar-refractivity contribution in [2.24, 2.45) is 0 Å². The van der Waals surface area contributed by atoms with Gasteiger partial charge in [0, 0.05) is 24.2 Å². The Labute approximate surface area is 134 Å². The maximum atomic E-state index is 12.5. The summed E-state index contributed by atoms with van der Waals surface area (Å²) in [6.45, 7) is 10.1. The fourth-order valence-corrected chi connectivity index (χ4v) is 2.55. The topological polar surface area (TPSA) is 41.6 Å². The number of carbonyl (C=O) groups excluding carboxylic acids is 1. The van der Waals surface area contributed by atoms with Gasteiger partial charge >= 0.3 is 0 Å². The molecule has 0 aliphatic carbocycles. The van der Waals surface area contributed by atoms with E-state index in [4.69, 9.17) is 4.74 Å². The minimum Gasteiger partial charge on any atom is -0.497 e. The van der Waals surface area contributed by atoms with Crippen molar-refractivity contribution < 1.29 is 9.53 Å². The average Bonchev–Trinajstić information content (AvgIpc) is 2.53. The summed E-state index contributed by atoms with van der Waals surface area (Å²) in [4.78, 5) is 14.8. The van der Waals surface area contributed by atoms with E-state index in [2.05, 4.69) is 24.2 Å². The van der Waals surface area contributed by atoms with Gasteiger partial charge in [-0.15, -0.1) is 0 Å². The van der Waals surface area contributed by atoms with E-state index in [-0.39, 0.29) is 11.4 Å². The van der Waals surface area contributed by atoms with E-state index in [1.165, 1.54) is 0 Å². The van der Waals surface area contributed by atoms with Crippen molar-refractivity contribution in [3.05, 3.63) is 29.3 Å². The van der Waals surface area contributed by atoms with Gasteiger partial charge in [-0.3, -0.25) is 4.79 Å². The number of likely N-dealkylation sites (tertiary alicyclic amines) is 1. The van der Waals surface area contributed by atoms with Crippen LogP contribution in [-0.2, 0) is 0 Å². The second kappa shape index (κ2) is 8.18. The molecule has 0 bridgehead atoms. The van der Waals surface area contributed by atoms with E-state index in [0.29, 0.717) is 11.3 Å². The predicted molar refractivity (Wildman–Crippen MR) is 91.7 cm³/mol. The predicted octanol–water partition coefficient (Wildman–Crippen LogP) is 3.24. The van der Waals surface area contributed by atoms with Gasteiger partial charge < -0.3 is 15.0 Å². The van der Waals surface area contributed by atoms with Crippen LogP contribution in [0.15, 0.2) is 18.2 Å². The number of hydrogen-bond donors (Lipinski definition) is 1. The summed E-state index contributed by atoms with van der Waals surface area (Å²) in [7, 11) is 3.73. The summed E-state index contributed by atoms with van der Waals surface area (Å²) in [5.41, 5.74) is 1.56. The Bertz CT molecular complexity index is 492. The largest absolute Gasteiger partial charge is 0.497 e. The van der Waals surface area contributed by atoms with Crippen LogP contribution in [0.5, 0.6) is 5.75 Å². The Kier molecular flexibility index (Phi) is 6.88. The van der Waals surface area contributed by atoms with Gasteiger partial charge in [0.25, 0.3) is 5.91 Å². The summed E-state index contributed by atoms with van der Waals surface area (Å²) < 4.78 is 5.20. The normalized spacial score (nSPS) is 17.2. The fraction of sp³-hybridized carbons (Fsp3) is 0.611. The first-order valence-corrected chi connectivity index (χ1v) is 8.09. The molecule has 0 saturated carbocycles. The molecule has 4 nitrogen and oxygen atoms in total. The van der Waals surface area contributed by atoms with Gasteiger partial charge in [-0.05, 0) is 51.4 Å². The van der Waals surface area contributed by atoms with Crippen molar-refractivity contribution in [1.82, 2.24) is 10.2 Å². The van der Waals surface area contributed by atoms with Crippen molar-refractivity contribution in [3.63, 3.8) is 0 Å². The number of nitrogens with one attached hydrogen (secondary N) is 1. The van der Waals surface area contributed by atoms with Crippen LogP contribution in [0.1, 0.15) is 49.5 Å². The lowest BCUT2D eigenvalue weighted by Crippen LogP contribution is -2.52. The first-order valence-electron chi connectivity index (χ1n) is 8.09. The lowest BCUT2D eigenvalue weighted by Gasteiger charge is -2.38. The molecular formula is C18H30N2O2. The molecule has 1 aliphatic heterocycles. The van der Waals surface area contributed by atoms with Crippen molar-refractivity contribution >= 4 is 5.91 Å². The van der Waals surface area contributed by atoms with Crippen molar-refractivity contribution in [2.75, 3.05) is 27.2 Å². The summed E-state index contributed by atoms with van der Waals surface area (Å²) in [5.74, 6) is 0.711. The molecule has 0 aromatic heterocycles. The third-order valence-electron chi connectivity index (χ3n) is 4.20. The van der Waals surface area contributed by atoms with E-state index in [0.717, 1.165) is 31.5 Å². The lowest BCUT2D eigenvalue weighted by atomic mass is 9.89. The smallest absolute Gasteiger partial charge is 0.252 e. The van der Waals surface area contributed by atoms with Crippen molar-refractivity contribution in [1.29, 1.82) is 0 Å². The molecule has 1 aliphatic rings. The molecule has 0 unspecified atom stereocenters. The van der Waals surface area contributed by atoms with E-state index >= 15 is 0 Å². The minimum atomic E-state index is -0.112. The monoisotopic (exact) mass is 306 g/mol. The SMILES string of the molecule is CC.COc1ccc(C)c(C(=O)NC2(C)CCN(C)CC2)c1. The third-order valence-corrected chi connectivity index (χ3v) is 4.20. The Morgan fingerprint density at radius 2 is 1.86 bits per heavy atom. The van der Waals surface area contributed by atoms with Gasteiger partial charge in [0.1, 0.15) is 5.75 Å². The molecule has 22 heavy (non-hydrogen) atoms. The van der Waals surface area contributed by atoms with Gasteiger partial charge in [-0.2, -0.15) is 0 Å². The van der Waals surface area contributed by atoms with E-state index < -0.39 is 0 Å². The summed E-state index contributed by atoms with van der Waals surface area (Å²) in [6, 6.07) is 5.61. The third kappa shape index (κ3) is 4.73. The van der Waals surface area contributed by atoms with Crippen LogP contribution < -0.4 is 10.1 Å². The highest BCUT2D eigenvalue weighted by Crippen LogP contribution is 2.23. The molecule has 1 fully saturated rings. The quantitative estimate of drug-likeness (QED) is 0.932. The maximum absolute atomic E-state index is 12.5. The number of aryl methyl sites for hydroxylation is 1. The number of nitrogens with zero attached hydrogens (tertiary/aromatic N) is 1. The molecule has 1 aromatic carbocycles. The van der Waals surface area contributed by atoms with Crippen LogP contribution in [0.4, 0.5) is 0 Å². The van der Waals surface area contributed by atoms with Crippen LogP contribution in [0.2, 0.25) is 0 Å². The van der Waals surface area contributed by atoms with Crippen LogP contribution >= 0.6 is 0 Å². The van der Waals surface area contributed by atoms with Crippen molar-refractivity contribution in [2.45, 2.75) is 46.1 Å². The number of ether oxygens (including phenoxy) is 1. The molecule has 1 amide bonds. The minimum absolute atomic E-state index is 0.00606. The average molecular weight is 306 g/mol. The molecule has 0 atom stereocenters. The molecule has 2 rings (SSSR count). The zero-order valence-corrected chi connectivity index (χ0v) is 14.8. The number of hydrogen-bond acceptors (Lipinski definition) is 3. The van der Waals surface area contributed by atoms with E-state index in [1.54, 1.807) is 7.11 Å². The second-order valence-electron chi connectivity index (χ2n) is 6.00. The van der Waals surface area contributed by atoms with Crippen LogP contribution in [-0.4, -0.2) is 43.6 Å². The molecule has 4 heteroatoms. The molecule has 1 heterocycles. The van der Waals surface area contributed by atoms with E-state index in [1.807, 2.05) is 39.0 Å². The molecule has 1 saturated heterocycles. The maximum Gasteiger partial charge on any atom is 0.252 e. The Balaban J connectivity index is 0.00000116. The Hall–Kier alpha value is -1.55. The van der Waals surface area contributed by atoms with Gasteiger partial charge in [0.05, 0.1) is 7.11 Å². The number of amides is 1. The highest BCUT2D eigenvalue weighted by molar-refractivity contribution is 5.96. The molecular weight excluding hydrogens is 276 g/mol. The van der Waals surface area contributed by atoms with Crippen LogP contribution in [0, 0.1) is 6.92 Å². The first-order chi connectivity index (χ1) is 10.4. The number of piperidine rings is 1. The summed E-state index contributed by atoms with van der Waals surface area (Å²) in [6.07, 6.45) is 1.97. The zero-order valence-electron chi connectivity index (χ0n) is 14.8. The first kappa shape index (κ1) is 18.5. The van der Waals surface area contributed by atoms with Gasteiger partial charge in [0.15, 0.2) is 0 Å². The molecule has 1 N–H and O–H groups in total. The highest BCUT2D eigenvalue weighted by Gasteiger charge is 2.30. The number of benzene rings is 1.